The normalized spacial score (nSPS) is 19.9. The van der Waals surface area contributed by atoms with Crippen molar-refractivity contribution >= 4 is 0 Å². The number of aryl methyl sites for hydroxylation is 1. The van der Waals surface area contributed by atoms with Gasteiger partial charge < -0.3 is 9.64 Å². The number of aromatic nitrogens is 1. The molecule has 0 radical (unpaired) electrons. The van der Waals surface area contributed by atoms with Crippen molar-refractivity contribution in [3.05, 3.63) is 29.3 Å². The van der Waals surface area contributed by atoms with E-state index in [1.807, 2.05) is 0 Å². The minimum atomic E-state index is -0.382. The van der Waals surface area contributed by atoms with Crippen LogP contribution in [0.15, 0.2) is 12.3 Å². The van der Waals surface area contributed by atoms with Crippen LogP contribution >= 0.6 is 0 Å². The lowest BCUT2D eigenvalue weighted by atomic mass is 9.84. The number of halogens is 1. The molecule has 1 aromatic heterocycles. The van der Waals surface area contributed by atoms with Crippen LogP contribution in [-0.4, -0.2) is 36.1 Å². The average Bonchev–Trinajstić information content (AvgIpc) is 2.42. The van der Waals surface area contributed by atoms with E-state index in [0.717, 1.165) is 31.5 Å². The van der Waals surface area contributed by atoms with E-state index < -0.39 is 0 Å². The molecule has 0 saturated carbocycles. The Kier molecular flexibility index (Phi) is 4.21. The smallest absolute Gasteiger partial charge is 0.144 e. The second kappa shape index (κ2) is 5.55. The molecule has 1 aliphatic rings. The topological polar surface area (TPSA) is 25.4 Å². The molecule has 0 atom stereocenters. The van der Waals surface area contributed by atoms with E-state index in [1.54, 1.807) is 26.3 Å². The Bertz CT molecular complexity index is 440. The monoisotopic (exact) mass is 266 g/mol. The van der Waals surface area contributed by atoms with Gasteiger partial charge >= 0.3 is 0 Å². The van der Waals surface area contributed by atoms with Crippen LogP contribution in [0.5, 0.6) is 0 Å². The summed E-state index contributed by atoms with van der Waals surface area (Å²) in [6.45, 7) is 8.03. The van der Waals surface area contributed by atoms with Crippen LogP contribution < -0.4 is 0 Å². The molecule has 3 nitrogen and oxygen atoms in total. The largest absolute Gasteiger partial charge is 0.373 e. The van der Waals surface area contributed by atoms with Crippen LogP contribution in [0, 0.1) is 12.7 Å². The van der Waals surface area contributed by atoms with Gasteiger partial charge in [0.2, 0.25) is 0 Å². The van der Waals surface area contributed by atoms with Crippen molar-refractivity contribution < 1.29 is 9.13 Å². The Morgan fingerprint density at radius 1 is 1.37 bits per heavy atom. The van der Waals surface area contributed by atoms with Gasteiger partial charge in [-0.15, -0.1) is 0 Å². The third-order valence-corrected chi connectivity index (χ3v) is 4.28. The van der Waals surface area contributed by atoms with Gasteiger partial charge in [-0.25, -0.2) is 4.39 Å². The van der Waals surface area contributed by atoms with Crippen molar-refractivity contribution in [2.24, 2.45) is 0 Å². The molecule has 1 aliphatic heterocycles. The number of rotatable bonds is 3. The van der Waals surface area contributed by atoms with Crippen molar-refractivity contribution in [2.75, 3.05) is 20.2 Å². The van der Waals surface area contributed by atoms with Gasteiger partial charge in [0.15, 0.2) is 0 Å². The molecule has 2 rings (SSSR count). The Balaban J connectivity index is 2.22. The molecular formula is C15H23FN2O. The summed E-state index contributed by atoms with van der Waals surface area (Å²) >= 11 is 0. The lowest BCUT2D eigenvalue weighted by molar-refractivity contribution is -0.0673. The first kappa shape index (κ1) is 14.4. The zero-order chi connectivity index (χ0) is 14.0. The minimum Gasteiger partial charge on any atom is -0.373 e. The molecule has 0 aromatic carbocycles. The molecule has 0 bridgehead atoms. The van der Waals surface area contributed by atoms with Gasteiger partial charge in [-0.1, -0.05) is 0 Å². The molecular weight excluding hydrogens is 243 g/mol. The molecule has 0 unspecified atom stereocenters. The van der Waals surface area contributed by atoms with Crippen molar-refractivity contribution in [3.8, 4) is 0 Å². The van der Waals surface area contributed by atoms with E-state index in [1.165, 1.54) is 0 Å². The predicted molar refractivity (Wildman–Crippen MR) is 73.6 cm³/mol. The maximum Gasteiger partial charge on any atom is 0.144 e. The quantitative estimate of drug-likeness (QED) is 0.841. The highest BCUT2D eigenvalue weighted by Gasteiger charge is 2.37. The van der Waals surface area contributed by atoms with Gasteiger partial charge in [0.05, 0.1) is 11.3 Å². The number of methoxy groups -OCH3 is 1. The molecule has 19 heavy (non-hydrogen) atoms. The van der Waals surface area contributed by atoms with Crippen LogP contribution in [0.25, 0.3) is 0 Å². The predicted octanol–water partition coefficient (Wildman–Crippen LogP) is 2.88. The van der Waals surface area contributed by atoms with E-state index in [-0.39, 0.29) is 11.4 Å². The molecule has 4 heteroatoms. The zero-order valence-electron chi connectivity index (χ0n) is 12.2. The SMILES string of the molecule is COC1(c2cnc(C)c(F)c2)CCN(C(C)C)CC1. The van der Waals surface area contributed by atoms with Gasteiger partial charge in [0.1, 0.15) is 5.82 Å². The first-order valence-corrected chi connectivity index (χ1v) is 6.90. The zero-order valence-corrected chi connectivity index (χ0v) is 12.2. The molecule has 0 spiro atoms. The summed E-state index contributed by atoms with van der Waals surface area (Å²) in [5.41, 5.74) is 0.920. The van der Waals surface area contributed by atoms with Crippen molar-refractivity contribution in [1.82, 2.24) is 9.88 Å². The summed E-state index contributed by atoms with van der Waals surface area (Å²) in [7, 11) is 1.71. The van der Waals surface area contributed by atoms with E-state index in [2.05, 4.69) is 23.7 Å². The Morgan fingerprint density at radius 2 is 2.00 bits per heavy atom. The van der Waals surface area contributed by atoms with Crippen LogP contribution in [-0.2, 0) is 10.3 Å². The second-order valence-corrected chi connectivity index (χ2v) is 5.62. The number of likely N-dealkylation sites (tertiary alicyclic amines) is 1. The van der Waals surface area contributed by atoms with E-state index >= 15 is 0 Å². The summed E-state index contributed by atoms with van der Waals surface area (Å²) in [5, 5.41) is 0. The summed E-state index contributed by atoms with van der Waals surface area (Å²) < 4.78 is 19.5. The van der Waals surface area contributed by atoms with Crippen molar-refractivity contribution in [1.29, 1.82) is 0 Å². The Hall–Kier alpha value is -1.00. The van der Waals surface area contributed by atoms with Crippen molar-refractivity contribution in [3.63, 3.8) is 0 Å². The molecule has 1 fully saturated rings. The number of hydrogen-bond donors (Lipinski definition) is 0. The summed E-state index contributed by atoms with van der Waals surface area (Å²) in [6, 6.07) is 2.12. The highest BCUT2D eigenvalue weighted by atomic mass is 19.1. The van der Waals surface area contributed by atoms with Gasteiger partial charge in [-0.05, 0) is 39.7 Å². The van der Waals surface area contributed by atoms with Crippen LogP contribution in [0.4, 0.5) is 4.39 Å². The number of ether oxygens (including phenoxy) is 1. The van der Waals surface area contributed by atoms with Gasteiger partial charge in [-0.3, -0.25) is 4.98 Å². The summed E-state index contributed by atoms with van der Waals surface area (Å²) in [4.78, 5) is 6.56. The standard InChI is InChI=1S/C15H23FN2O/c1-11(2)18-7-5-15(19-4,6-8-18)13-9-14(16)12(3)17-10-13/h9-11H,5-8H2,1-4H3. The molecule has 1 saturated heterocycles. The number of hydrogen-bond acceptors (Lipinski definition) is 3. The first-order chi connectivity index (χ1) is 8.98. The Morgan fingerprint density at radius 3 is 2.47 bits per heavy atom. The fourth-order valence-electron chi connectivity index (χ4n) is 2.77. The molecule has 106 valence electrons. The van der Waals surface area contributed by atoms with Crippen LogP contribution in [0.2, 0.25) is 0 Å². The number of nitrogens with zero attached hydrogens (tertiary/aromatic N) is 2. The summed E-state index contributed by atoms with van der Waals surface area (Å²) in [6.07, 6.45) is 3.52. The van der Waals surface area contributed by atoms with E-state index in [0.29, 0.717) is 11.7 Å². The van der Waals surface area contributed by atoms with Gasteiger partial charge in [0.25, 0.3) is 0 Å². The third-order valence-electron chi connectivity index (χ3n) is 4.28. The molecule has 0 aliphatic carbocycles. The first-order valence-electron chi connectivity index (χ1n) is 6.90. The maximum atomic E-state index is 13.7. The number of pyridine rings is 1. The highest BCUT2D eigenvalue weighted by Crippen LogP contribution is 2.36. The fraction of sp³-hybridized carbons (Fsp3) is 0.667. The molecule has 0 amide bonds. The molecule has 1 aromatic rings. The Labute approximate surface area is 114 Å². The van der Waals surface area contributed by atoms with E-state index in [9.17, 15) is 4.39 Å². The summed E-state index contributed by atoms with van der Waals surface area (Å²) in [5.74, 6) is -0.250. The highest BCUT2D eigenvalue weighted by molar-refractivity contribution is 5.23. The van der Waals surface area contributed by atoms with Crippen molar-refractivity contribution in [2.45, 2.75) is 45.3 Å². The molecule has 0 N–H and O–H groups in total. The number of piperidine rings is 1. The fourth-order valence-corrected chi connectivity index (χ4v) is 2.77. The maximum absolute atomic E-state index is 13.7. The second-order valence-electron chi connectivity index (χ2n) is 5.62. The lowest BCUT2D eigenvalue weighted by Crippen LogP contribution is -2.46. The van der Waals surface area contributed by atoms with Crippen LogP contribution in [0.3, 0.4) is 0 Å². The van der Waals surface area contributed by atoms with Gasteiger partial charge in [0, 0.05) is 38.0 Å². The molecule has 2 heterocycles. The average molecular weight is 266 g/mol. The minimum absolute atomic E-state index is 0.250. The van der Waals surface area contributed by atoms with E-state index in [4.69, 9.17) is 4.74 Å². The van der Waals surface area contributed by atoms with Gasteiger partial charge in [-0.2, -0.15) is 0 Å². The van der Waals surface area contributed by atoms with Crippen LogP contribution in [0.1, 0.15) is 37.9 Å². The lowest BCUT2D eigenvalue weighted by Gasteiger charge is -2.42. The third kappa shape index (κ3) is 2.79.